The van der Waals surface area contributed by atoms with Crippen molar-refractivity contribution in [3.63, 3.8) is 0 Å². The Hall–Kier alpha value is -1.22. The van der Waals surface area contributed by atoms with Gasteiger partial charge in [-0.3, -0.25) is 0 Å². The van der Waals surface area contributed by atoms with E-state index in [0.717, 1.165) is 35.5 Å². The predicted molar refractivity (Wildman–Crippen MR) is 85.2 cm³/mol. The Morgan fingerprint density at radius 2 is 1.48 bits per heavy atom. The first-order chi connectivity index (χ1) is 9.96. The summed E-state index contributed by atoms with van der Waals surface area (Å²) in [6.07, 6.45) is 2.72. The van der Waals surface area contributed by atoms with E-state index >= 15 is 0 Å². The molecule has 0 radical (unpaired) electrons. The van der Waals surface area contributed by atoms with E-state index < -0.39 is 0 Å². The summed E-state index contributed by atoms with van der Waals surface area (Å²) >= 11 is 0. The number of methoxy groups -OCH3 is 2. The summed E-state index contributed by atoms with van der Waals surface area (Å²) in [6.45, 7) is 8.63. The van der Waals surface area contributed by atoms with Gasteiger partial charge >= 0.3 is 0 Å². The molecule has 0 amide bonds. The number of aryl methyl sites for hydroxylation is 2. The molecule has 0 saturated heterocycles. The Morgan fingerprint density at radius 1 is 0.952 bits per heavy atom. The smallest absolute Gasteiger partial charge is 0.124 e. The molecule has 2 unspecified atom stereocenters. The zero-order valence-corrected chi connectivity index (χ0v) is 14.1. The van der Waals surface area contributed by atoms with Gasteiger partial charge in [0.05, 0.1) is 19.3 Å². The monoisotopic (exact) mass is 292 g/mol. The summed E-state index contributed by atoms with van der Waals surface area (Å²) in [7, 11) is 3.53. The summed E-state index contributed by atoms with van der Waals surface area (Å²) < 4.78 is 17.3. The second-order valence-electron chi connectivity index (χ2n) is 6.46. The predicted octanol–water partition coefficient (Wildman–Crippen LogP) is 4.14. The molecule has 1 aromatic carbocycles. The highest BCUT2D eigenvalue weighted by Gasteiger charge is 2.34. The first-order valence-electron chi connectivity index (χ1n) is 7.81. The molecule has 21 heavy (non-hydrogen) atoms. The van der Waals surface area contributed by atoms with Crippen molar-refractivity contribution < 1.29 is 14.2 Å². The average molecular weight is 292 g/mol. The Kier molecular flexibility index (Phi) is 5.15. The molecule has 1 aliphatic carbocycles. The van der Waals surface area contributed by atoms with Gasteiger partial charge in [-0.05, 0) is 61.8 Å². The second kappa shape index (κ2) is 6.69. The standard InChI is InChI=1S/C18H28O3/c1-11-7-15(8-12(2)17(11)19-5)21-16-9-13(3)18(20-6)14(4)10-16/h7-8,13-14,16,18H,9-10H2,1-6H3. The average Bonchev–Trinajstić information content (AvgIpc) is 2.38. The van der Waals surface area contributed by atoms with Crippen molar-refractivity contribution >= 4 is 0 Å². The summed E-state index contributed by atoms with van der Waals surface area (Å²) in [5.41, 5.74) is 2.25. The molecule has 2 rings (SSSR count). The van der Waals surface area contributed by atoms with Gasteiger partial charge in [0.15, 0.2) is 0 Å². The third kappa shape index (κ3) is 3.52. The van der Waals surface area contributed by atoms with E-state index in [-0.39, 0.29) is 6.10 Å². The lowest BCUT2D eigenvalue weighted by atomic mass is 9.79. The van der Waals surface area contributed by atoms with Gasteiger partial charge in [-0.15, -0.1) is 0 Å². The van der Waals surface area contributed by atoms with Crippen LogP contribution in [0.3, 0.4) is 0 Å². The SMILES string of the molecule is COc1c(C)cc(OC2CC(C)C(OC)C(C)C2)cc1C. The van der Waals surface area contributed by atoms with E-state index in [0.29, 0.717) is 17.9 Å². The van der Waals surface area contributed by atoms with Crippen molar-refractivity contribution in [2.24, 2.45) is 11.8 Å². The molecule has 0 spiro atoms. The van der Waals surface area contributed by atoms with Crippen LogP contribution in [0.15, 0.2) is 12.1 Å². The number of hydrogen-bond donors (Lipinski definition) is 0. The minimum atomic E-state index is 0.272. The van der Waals surface area contributed by atoms with Gasteiger partial charge in [0.1, 0.15) is 11.5 Å². The zero-order valence-electron chi connectivity index (χ0n) is 14.1. The van der Waals surface area contributed by atoms with E-state index in [2.05, 4.69) is 39.8 Å². The first-order valence-corrected chi connectivity index (χ1v) is 7.81. The van der Waals surface area contributed by atoms with Crippen molar-refractivity contribution in [1.82, 2.24) is 0 Å². The molecular formula is C18H28O3. The first kappa shape index (κ1) is 16.2. The molecule has 1 aliphatic rings. The molecule has 0 heterocycles. The van der Waals surface area contributed by atoms with Crippen LogP contribution in [0.5, 0.6) is 11.5 Å². The summed E-state index contributed by atoms with van der Waals surface area (Å²) in [5, 5.41) is 0. The van der Waals surface area contributed by atoms with Gasteiger partial charge in [-0.2, -0.15) is 0 Å². The molecule has 3 heteroatoms. The fraction of sp³-hybridized carbons (Fsp3) is 0.667. The minimum absolute atomic E-state index is 0.272. The zero-order chi connectivity index (χ0) is 15.6. The Labute approximate surface area is 128 Å². The van der Waals surface area contributed by atoms with E-state index in [1.54, 1.807) is 7.11 Å². The lowest BCUT2D eigenvalue weighted by Crippen LogP contribution is -2.40. The Morgan fingerprint density at radius 3 is 1.90 bits per heavy atom. The lowest BCUT2D eigenvalue weighted by molar-refractivity contribution is -0.0418. The van der Waals surface area contributed by atoms with Gasteiger partial charge in [-0.1, -0.05) is 13.8 Å². The van der Waals surface area contributed by atoms with E-state index in [4.69, 9.17) is 14.2 Å². The quantitative estimate of drug-likeness (QED) is 0.834. The van der Waals surface area contributed by atoms with Crippen LogP contribution in [0, 0.1) is 25.7 Å². The third-order valence-corrected chi connectivity index (χ3v) is 4.60. The molecule has 3 nitrogen and oxygen atoms in total. The fourth-order valence-corrected chi connectivity index (χ4v) is 3.81. The number of hydrogen-bond acceptors (Lipinski definition) is 3. The molecule has 0 bridgehead atoms. The van der Waals surface area contributed by atoms with Crippen LogP contribution in [0.2, 0.25) is 0 Å². The van der Waals surface area contributed by atoms with Crippen molar-refractivity contribution in [3.8, 4) is 11.5 Å². The fourth-order valence-electron chi connectivity index (χ4n) is 3.81. The van der Waals surface area contributed by atoms with Crippen molar-refractivity contribution in [3.05, 3.63) is 23.3 Å². The van der Waals surface area contributed by atoms with E-state index in [9.17, 15) is 0 Å². The normalized spacial score (nSPS) is 29.2. The number of benzene rings is 1. The minimum Gasteiger partial charge on any atom is -0.496 e. The van der Waals surface area contributed by atoms with Crippen molar-refractivity contribution in [2.75, 3.05) is 14.2 Å². The number of rotatable bonds is 4. The van der Waals surface area contributed by atoms with Gasteiger partial charge in [0.25, 0.3) is 0 Å². The van der Waals surface area contributed by atoms with Crippen molar-refractivity contribution in [1.29, 1.82) is 0 Å². The molecule has 1 fully saturated rings. The van der Waals surface area contributed by atoms with Crippen LogP contribution in [-0.4, -0.2) is 26.4 Å². The molecule has 0 aromatic heterocycles. The lowest BCUT2D eigenvalue weighted by Gasteiger charge is -2.38. The third-order valence-electron chi connectivity index (χ3n) is 4.60. The highest BCUT2D eigenvalue weighted by atomic mass is 16.5. The van der Waals surface area contributed by atoms with Crippen LogP contribution >= 0.6 is 0 Å². The van der Waals surface area contributed by atoms with Gasteiger partial charge in [-0.25, -0.2) is 0 Å². The Balaban J connectivity index is 2.09. The van der Waals surface area contributed by atoms with Crippen LogP contribution in [-0.2, 0) is 4.74 Å². The Bertz CT molecular complexity index is 448. The number of ether oxygens (including phenoxy) is 3. The van der Waals surface area contributed by atoms with Crippen LogP contribution in [0.1, 0.15) is 37.8 Å². The highest BCUT2D eigenvalue weighted by Crippen LogP contribution is 2.35. The maximum atomic E-state index is 6.24. The summed E-state index contributed by atoms with van der Waals surface area (Å²) in [5.74, 6) is 2.96. The highest BCUT2D eigenvalue weighted by molar-refractivity contribution is 5.45. The largest absolute Gasteiger partial charge is 0.496 e. The molecule has 0 N–H and O–H groups in total. The van der Waals surface area contributed by atoms with Crippen LogP contribution in [0.4, 0.5) is 0 Å². The molecular weight excluding hydrogens is 264 g/mol. The topological polar surface area (TPSA) is 27.7 Å². The molecule has 1 saturated carbocycles. The van der Waals surface area contributed by atoms with Gasteiger partial charge < -0.3 is 14.2 Å². The maximum absolute atomic E-state index is 6.24. The van der Waals surface area contributed by atoms with Crippen molar-refractivity contribution in [2.45, 2.75) is 52.7 Å². The van der Waals surface area contributed by atoms with E-state index in [1.165, 1.54) is 0 Å². The maximum Gasteiger partial charge on any atom is 0.124 e. The van der Waals surface area contributed by atoms with Crippen LogP contribution < -0.4 is 9.47 Å². The molecule has 1 aromatic rings. The van der Waals surface area contributed by atoms with E-state index in [1.807, 2.05) is 7.11 Å². The summed E-state index contributed by atoms with van der Waals surface area (Å²) in [4.78, 5) is 0. The van der Waals surface area contributed by atoms with Gasteiger partial charge in [0, 0.05) is 7.11 Å². The van der Waals surface area contributed by atoms with Gasteiger partial charge in [0.2, 0.25) is 0 Å². The molecule has 2 atom stereocenters. The summed E-state index contributed by atoms with van der Waals surface area (Å²) in [6, 6.07) is 4.15. The molecule has 118 valence electrons. The molecule has 0 aliphatic heterocycles. The van der Waals surface area contributed by atoms with Crippen LogP contribution in [0.25, 0.3) is 0 Å². The second-order valence-corrected chi connectivity index (χ2v) is 6.46.